The molecule has 1 aromatic heterocycles. The summed E-state index contributed by atoms with van der Waals surface area (Å²) in [5.41, 5.74) is 1.77. The molecule has 2 aromatic carbocycles. The molecule has 0 saturated carbocycles. The summed E-state index contributed by atoms with van der Waals surface area (Å²) in [5.74, 6) is -0.0954. The first-order valence-electron chi connectivity index (χ1n) is 7.57. The predicted octanol–water partition coefficient (Wildman–Crippen LogP) is 3.40. The van der Waals surface area contributed by atoms with Gasteiger partial charge >= 0.3 is 0 Å². The van der Waals surface area contributed by atoms with Gasteiger partial charge in [0.1, 0.15) is 5.69 Å². The van der Waals surface area contributed by atoms with Crippen molar-refractivity contribution in [3.63, 3.8) is 0 Å². The number of carbonyl (C=O) groups excluding carboxylic acids is 1. The van der Waals surface area contributed by atoms with Crippen molar-refractivity contribution in [1.82, 2.24) is 3.97 Å². The number of rotatable bonds is 2. The molecule has 1 heterocycles. The van der Waals surface area contributed by atoms with Crippen LogP contribution in [-0.2, 0) is 16.4 Å². The van der Waals surface area contributed by atoms with Crippen LogP contribution in [0.5, 0.6) is 0 Å². The number of benzene rings is 2. The third-order valence-electron chi connectivity index (χ3n) is 4.31. The maximum absolute atomic E-state index is 13.1. The second-order valence-corrected chi connectivity index (χ2v) is 7.49. The summed E-state index contributed by atoms with van der Waals surface area (Å²) in [6.07, 6.45) is 1.90. The average molecular weight is 325 g/mol. The zero-order valence-corrected chi connectivity index (χ0v) is 13.2. The molecule has 4 rings (SSSR count). The minimum Gasteiger partial charge on any atom is -0.292 e. The van der Waals surface area contributed by atoms with Gasteiger partial charge in [0, 0.05) is 11.8 Å². The highest BCUT2D eigenvalue weighted by atomic mass is 32.2. The van der Waals surface area contributed by atoms with Crippen LogP contribution in [0.15, 0.2) is 59.5 Å². The second-order valence-electron chi connectivity index (χ2n) is 5.70. The van der Waals surface area contributed by atoms with Crippen molar-refractivity contribution in [1.29, 1.82) is 0 Å². The number of carbonyl (C=O) groups is 1. The molecule has 4 nitrogen and oxygen atoms in total. The Balaban J connectivity index is 2.12. The van der Waals surface area contributed by atoms with Crippen molar-refractivity contribution in [2.45, 2.75) is 24.2 Å². The van der Waals surface area contributed by atoms with Gasteiger partial charge in [-0.25, -0.2) is 12.4 Å². The van der Waals surface area contributed by atoms with E-state index >= 15 is 0 Å². The molecule has 0 unspecified atom stereocenters. The summed E-state index contributed by atoms with van der Waals surface area (Å²) < 4.78 is 27.5. The number of Topliss-reactive ketones (excluding diaryl/α,β-unsaturated/α-hetero) is 1. The summed E-state index contributed by atoms with van der Waals surface area (Å²) >= 11 is 0. The first kappa shape index (κ1) is 14.2. The van der Waals surface area contributed by atoms with Gasteiger partial charge in [-0.15, -0.1) is 0 Å². The molecule has 116 valence electrons. The number of ketones is 1. The fourth-order valence-corrected chi connectivity index (χ4v) is 4.89. The van der Waals surface area contributed by atoms with E-state index < -0.39 is 10.0 Å². The van der Waals surface area contributed by atoms with Crippen molar-refractivity contribution in [3.8, 4) is 0 Å². The molecular formula is C18H15NO3S. The van der Waals surface area contributed by atoms with Crippen LogP contribution in [0.4, 0.5) is 0 Å². The topological polar surface area (TPSA) is 56.1 Å². The van der Waals surface area contributed by atoms with Crippen LogP contribution in [0.25, 0.3) is 10.9 Å². The van der Waals surface area contributed by atoms with E-state index in [0.29, 0.717) is 17.6 Å². The van der Waals surface area contributed by atoms with E-state index in [2.05, 4.69) is 0 Å². The molecule has 23 heavy (non-hydrogen) atoms. The summed E-state index contributed by atoms with van der Waals surface area (Å²) in [7, 11) is -3.80. The van der Waals surface area contributed by atoms with E-state index in [9.17, 15) is 13.2 Å². The number of hydrogen-bond donors (Lipinski definition) is 0. The van der Waals surface area contributed by atoms with Crippen LogP contribution >= 0.6 is 0 Å². The number of hydrogen-bond acceptors (Lipinski definition) is 3. The van der Waals surface area contributed by atoms with Crippen molar-refractivity contribution in [2.75, 3.05) is 0 Å². The molecule has 0 aliphatic heterocycles. The fourth-order valence-electron chi connectivity index (χ4n) is 3.30. The Kier molecular flexibility index (Phi) is 3.13. The second kappa shape index (κ2) is 5.06. The lowest BCUT2D eigenvalue weighted by Gasteiger charge is -2.15. The third kappa shape index (κ3) is 2.04. The molecule has 1 aliphatic carbocycles. The molecule has 0 amide bonds. The molecular weight excluding hydrogens is 310 g/mol. The highest BCUT2D eigenvalue weighted by molar-refractivity contribution is 7.90. The third-order valence-corrected chi connectivity index (χ3v) is 6.04. The first-order valence-corrected chi connectivity index (χ1v) is 9.01. The Morgan fingerprint density at radius 1 is 0.870 bits per heavy atom. The maximum Gasteiger partial charge on any atom is 0.268 e. The van der Waals surface area contributed by atoms with Crippen LogP contribution in [-0.4, -0.2) is 18.2 Å². The molecule has 0 bridgehead atoms. The van der Waals surface area contributed by atoms with E-state index in [0.717, 1.165) is 23.8 Å². The smallest absolute Gasteiger partial charge is 0.268 e. The normalized spacial score (nSPS) is 14.9. The Bertz CT molecular complexity index is 1020. The molecule has 3 aromatic rings. The Morgan fingerprint density at radius 2 is 1.57 bits per heavy atom. The predicted molar refractivity (Wildman–Crippen MR) is 88.2 cm³/mol. The first-order chi connectivity index (χ1) is 11.1. The molecule has 0 atom stereocenters. The van der Waals surface area contributed by atoms with E-state index in [1.807, 2.05) is 12.1 Å². The van der Waals surface area contributed by atoms with Crippen LogP contribution in [0.1, 0.15) is 28.9 Å². The molecule has 1 aliphatic rings. The summed E-state index contributed by atoms with van der Waals surface area (Å²) in [4.78, 5) is 12.7. The summed E-state index contributed by atoms with van der Waals surface area (Å²) in [6, 6.07) is 15.6. The summed E-state index contributed by atoms with van der Waals surface area (Å²) in [5, 5.41) is 0.857. The molecule has 0 saturated heterocycles. The van der Waals surface area contributed by atoms with Gasteiger partial charge < -0.3 is 0 Å². The quantitative estimate of drug-likeness (QED) is 0.725. The standard InChI is InChI=1S/C18H15NO3S/c20-17-12-6-10-15-14-9-4-5-11-16(14)19(18(15)17)23(21,22)13-7-2-1-3-8-13/h1-5,7-9,11H,6,10,12H2. The Labute approximate surface area is 134 Å². The van der Waals surface area contributed by atoms with Crippen LogP contribution < -0.4 is 0 Å². The fraction of sp³-hybridized carbons (Fsp3) is 0.167. The number of fused-ring (bicyclic) bond motifs is 3. The van der Waals surface area contributed by atoms with E-state index in [4.69, 9.17) is 0 Å². The van der Waals surface area contributed by atoms with Crippen LogP contribution in [0.2, 0.25) is 0 Å². The van der Waals surface area contributed by atoms with Crippen molar-refractivity contribution < 1.29 is 13.2 Å². The van der Waals surface area contributed by atoms with Gasteiger partial charge in [0.05, 0.1) is 10.4 Å². The number of aromatic nitrogens is 1. The highest BCUT2D eigenvalue weighted by Gasteiger charge is 2.31. The number of nitrogens with zero attached hydrogens (tertiary/aromatic N) is 1. The molecule has 0 fully saturated rings. The number of aryl methyl sites for hydroxylation is 1. The van der Waals surface area contributed by atoms with Crippen LogP contribution in [0, 0.1) is 0 Å². The van der Waals surface area contributed by atoms with Gasteiger partial charge in [0.25, 0.3) is 10.0 Å². The highest BCUT2D eigenvalue weighted by Crippen LogP contribution is 2.34. The van der Waals surface area contributed by atoms with Crippen molar-refractivity contribution >= 4 is 26.7 Å². The van der Waals surface area contributed by atoms with Gasteiger partial charge in [-0.2, -0.15) is 0 Å². The maximum atomic E-state index is 13.1. The lowest BCUT2D eigenvalue weighted by molar-refractivity contribution is 0.0967. The SMILES string of the molecule is O=C1CCCc2c1n(S(=O)(=O)c1ccccc1)c1ccccc21. The minimum absolute atomic E-state index is 0.0954. The average Bonchev–Trinajstić information content (AvgIpc) is 2.92. The Morgan fingerprint density at radius 3 is 2.35 bits per heavy atom. The van der Waals surface area contributed by atoms with Crippen molar-refractivity contribution in [2.24, 2.45) is 0 Å². The zero-order chi connectivity index (χ0) is 16.0. The lowest BCUT2D eigenvalue weighted by atomic mass is 9.95. The van der Waals surface area contributed by atoms with Gasteiger partial charge in [0.15, 0.2) is 5.78 Å². The van der Waals surface area contributed by atoms with Gasteiger partial charge in [0.2, 0.25) is 0 Å². The number of para-hydroxylation sites is 1. The summed E-state index contributed by atoms with van der Waals surface area (Å²) in [6.45, 7) is 0. The van der Waals surface area contributed by atoms with Gasteiger partial charge in [-0.05, 0) is 36.6 Å². The molecule has 0 N–H and O–H groups in total. The van der Waals surface area contributed by atoms with Crippen LogP contribution in [0.3, 0.4) is 0 Å². The minimum atomic E-state index is -3.80. The van der Waals surface area contributed by atoms with Gasteiger partial charge in [-0.1, -0.05) is 36.4 Å². The molecule has 0 spiro atoms. The molecule has 5 heteroatoms. The Hall–Kier alpha value is -2.40. The molecule has 0 radical (unpaired) electrons. The van der Waals surface area contributed by atoms with E-state index in [1.165, 1.54) is 3.97 Å². The lowest BCUT2D eigenvalue weighted by Crippen LogP contribution is -2.21. The van der Waals surface area contributed by atoms with E-state index in [-0.39, 0.29) is 10.7 Å². The van der Waals surface area contributed by atoms with Gasteiger partial charge in [-0.3, -0.25) is 4.79 Å². The largest absolute Gasteiger partial charge is 0.292 e. The monoisotopic (exact) mass is 325 g/mol. The van der Waals surface area contributed by atoms with E-state index in [1.54, 1.807) is 42.5 Å². The van der Waals surface area contributed by atoms with Crippen molar-refractivity contribution in [3.05, 3.63) is 65.9 Å². The zero-order valence-electron chi connectivity index (χ0n) is 12.4.